The molecule has 0 amide bonds. The lowest BCUT2D eigenvalue weighted by Gasteiger charge is -2.09. The average Bonchev–Trinajstić information content (AvgIpc) is 2.26. The number of hydrogen-bond donors (Lipinski definition) is 2. The molecule has 0 bridgehead atoms. The molecule has 1 heterocycles. The van der Waals surface area contributed by atoms with Gasteiger partial charge in [0, 0.05) is 5.56 Å². The van der Waals surface area contributed by atoms with E-state index in [1.54, 1.807) is 0 Å². The number of alkyl halides is 3. The number of benzene rings is 1. The van der Waals surface area contributed by atoms with Crippen LogP contribution in [0.4, 0.5) is 23.5 Å². The van der Waals surface area contributed by atoms with Gasteiger partial charge in [-0.3, -0.25) is 4.98 Å². The number of rotatable bonds is 1. The van der Waals surface area contributed by atoms with Crippen molar-refractivity contribution in [1.82, 2.24) is 15.0 Å². The van der Waals surface area contributed by atoms with Gasteiger partial charge in [-0.05, 0) is 18.2 Å². The number of aromatic amines is 1. The highest BCUT2D eigenvalue weighted by molar-refractivity contribution is 5.57. The van der Waals surface area contributed by atoms with Gasteiger partial charge >= 0.3 is 11.9 Å². The largest absolute Gasteiger partial charge is 0.419 e. The molecule has 0 radical (unpaired) electrons. The van der Waals surface area contributed by atoms with Gasteiger partial charge in [-0.2, -0.15) is 23.1 Å². The Balaban J connectivity index is 2.61. The first-order valence-electron chi connectivity index (χ1n) is 4.88. The Morgan fingerprint density at radius 1 is 1.21 bits per heavy atom. The van der Waals surface area contributed by atoms with E-state index < -0.39 is 29.2 Å². The van der Waals surface area contributed by atoms with E-state index in [1.165, 1.54) is 0 Å². The Morgan fingerprint density at radius 2 is 1.89 bits per heavy atom. The third-order valence-electron chi connectivity index (χ3n) is 2.21. The molecule has 0 saturated carbocycles. The molecule has 100 valence electrons. The zero-order valence-corrected chi connectivity index (χ0v) is 9.12. The first-order valence-corrected chi connectivity index (χ1v) is 4.88. The smallest absolute Gasteiger partial charge is 0.368 e. The van der Waals surface area contributed by atoms with Crippen molar-refractivity contribution in [2.75, 3.05) is 5.73 Å². The summed E-state index contributed by atoms with van der Waals surface area (Å²) < 4.78 is 50.7. The molecule has 2 rings (SSSR count). The predicted molar refractivity (Wildman–Crippen MR) is 57.5 cm³/mol. The molecule has 9 heteroatoms. The van der Waals surface area contributed by atoms with Crippen LogP contribution in [0.1, 0.15) is 5.56 Å². The summed E-state index contributed by atoms with van der Waals surface area (Å²) in [4.78, 5) is 20.0. The number of nitrogen functional groups attached to an aromatic ring is 1. The first kappa shape index (κ1) is 13.0. The molecular formula is C10H6F4N4O. The zero-order valence-electron chi connectivity index (χ0n) is 9.12. The van der Waals surface area contributed by atoms with Crippen LogP contribution in [0.15, 0.2) is 23.0 Å². The average molecular weight is 274 g/mol. The van der Waals surface area contributed by atoms with Crippen molar-refractivity contribution >= 4 is 5.95 Å². The minimum absolute atomic E-state index is 0.125. The molecule has 0 aliphatic heterocycles. The summed E-state index contributed by atoms with van der Waals surface area (Å²) in [6.07, 6.45) is -4.85. The Hall–Kier alpha value is -2.45. The van der Waals surface area contributed by atoms with Crippen LogP contribution in [0.3, 0.4) is 0 Å². The van der Waals surface area contributed by atoms with Crippen LogP contribution in [0, 0.1) is 5.82 Å². The summed E-state index contributed by atoms with van der Waals surface area (Å²) >= 11 is 0. The van der Waals surface area contributed by atoms with Gasteiger partial charge in [-0.25, -0.2) is 9.18 Å². The van der Waals surface area contributed by atoms with E-state index in [-0.39, 0.29) is 11.4 Å². The molecule has 0 spiro atoms. The number of halogens is 4. The zero-order chi connectivity index (χ0) is 14.2. The monoisotopic (exact) mass is 274 g/mol. The summed E-state index contributed by atoms with van der Waals surface area (Å²) in [6.45, 7) is 0. The second-order valence-electron chi connectivity index (χ2n) is 3.55. The molecule has 19 heavy (non-hydrogen) atoms. The third kappa shape index (κ3) is 2.69. The fourth-order valence-electron chi connectivity index (χ4n) is 1.43. The summed E-state index contributed by atoms with van der Waals surface area (Å²) in [6, 6.07) is 2.21. The summed E-state index contributed by atoms with van der Waals surface area (Å²) in [7, 11) is 0. The van der Waals surface area contributed by atoms with E-state index in [1.807, 2.05) is 0 Å². The Labute approximate surface area is 103 Å². The van der Waals surface area contributed by atoms with E-state index in [0.717, 1.165) is 6.07 Å². The van der Waals surface area contributed by atoms with Gasteiger partial charge < -0.3 is 5.73 Å². The minimum Gasteiger partial charge on any atom is -0.368 e. The Kier molecular flexibility index (Phi) is 2.97. The standard InChI is InChI=1S/C10H6F4N4O/c11-6-2-1-4(3-5(6)10(12,13)14)7-16-8(15)18-9(19)17-7/h1-3H,(H3,15,16,17,18,19). The molecule has 5 nitrogen and oxygen atoms in total. The first-order chi connectivity index (χ1) is 8.77. The molecule has 0 aliphatic carbocycles. The highest BCUT2D eigenvalue weighted by Gasteiger charge is 2.34. The molecular weight excluding hydrogens is 268 g/mol. The van der Waals surface area contributed by atoms with Crippen LogP contribution in [0.2, 0.25) is 0 Å². The minimum atomic E-state index is -4.85. The predicted octanol–water partition coefficient (Wildman–Crippen LogP) is 1.57. The molecule has 0 unspecified atom stereocenters. The van der Waals surface area contributed by atoms with E-state index in [4.69, 9.17) is 5.73 Å². The maximum absolute atomic E-state index is 13.1. The van der Waals surface area contributed by atoms with Crippen molar-refractivity contribution in [2.45, 2.75) is 6.18 Å². The maximum Gasteiger partial charge on any atom is 0.419 e. The fourth-order valence-corrected chi connectivity index (χ4v) is 1.43. The number of hydrogen-bond acceptors (Lipinski definition) is 4. The van der Waals surface area contributed by atoms with E-state index in [9.17, 15) is 22.4 Å². The molecule has 0 fully saturated rings. The van der Waals surface area contributed by atoms with Crippen molar-refractivity contribution in [3.05, 3.63) is 40.1 Å². The normalized spacial score (nSPS) is 11.6. The number of anilines is 1. The van der Waals surface area contributed by atoms with Crippen LogP contribution >= 0.6 is 0 Å². The number of aromatic nitrogens is 3. The second kappa shape index (κ2) is 4.34. The summed E-state index contributed by atoms with van der Waals surface area (Å²) in [5, 5.41) is 0. The maximum atomic E-state index is 13.1. The van der Waals surface area contributed by atoms with Crippen LogP contribution in [-0.4, -0.2) is 15.0 Å². The Morgan fingerprint density at radius 3 is 2.47 bits per heavy atom. The molecule has 2 aromatic rings. The van der Waals surface area contributed by atoms with Crippen molar-refractivity contribution in [1.29, 1.82) is 0 Å². The number of nitrogens with zero attached hydrogens (tertiary/aromatic N) is 2. The van der Waals surface area contributed by atoms with Gasteiger partial charge in [0.25, 0.3) is 0 Å². The lowest BCUT2D eigenvalue weighted by molar-refractivity contribution is -0.139. The lowest BCUT2D eigenvalue weighted by atomic mass is 10.1. The van der Waals surface area contributed by atoms with Gasteiger partial charge in [0.15, 0.2) is 0 Å². The third-order valence-corrected chi connectivity index (χ3v) is 2.21. The topological polar surface area (TPSA) is 84.7 Å². The van der Waals surface area contributed by atoms with E-state index in [0.29, 0.717) is 12.1 Å². The highest BCUT2D eigenvalue weighted by Crippen LogP contribution is 2.33. The van der Waals surface area contributed by atoms with Gasteiger partial charge in [0.2, 0.25) is 5.95 Å². The highest BCUT2D eigenvalue weighted by atomic mass is 19.4. The lowest BCUT2D eigenvalue weighted by Crippen LogP contribution is -2.16. The summed E-state index contributed by atoms with van der Waals surface area (Å²) in [5.74, 6) is -2.03. The second-order valence-corrected chi connectivity index (χ2v) is 3.55. The van der Waals surface area contributed by atoms with Crippen molar-refractivity contribution < 1.29 is 17.6 Å². The van der Waals surface area contributed by atoms with Gasteiger partial charge in [-0.15, -0.1) is 0 Å². The van der Waals surface area contributed by atoms with Crippen molar-refractivity contribution in [3.8, 4) is 11.4 Å². The number of H-pyrrole nitrogens is 1. The van der Waals surface area contributed by atoms with Gasteiger partial charge in [0.05, 0.1) is 5.56 Å². The SMILES string of the molecule is Nc1nc(-c2ccc(F)c(C(F)(F)F)c2)[nH]c(=O)n1. The molecule has 0 saturated heterocycles. The van der Waals surface area contributed by atoms with E-state index in [2.05, 4.69) is 15.0 Å². The quantitative estimate of drug-likeness (QED) is 0.773. The molecule has 3 N–H and O–H groups in total. The number of nitrogens with two attached hydrogens (primary N) is 1. The fraction of sp³-hybridized carbons (Fsp3) is 0.100. The van der Waals surface area contributed by atoms with Crippen LogP contribution in [0.25, 0.3) is 11.4 Å². The van der Waals surface area contributed by atoms with Crippen molar-refractivity contribution in [2.24, 2.45) is 0 Å². The van der Waals surface area contributed by atoms with Crippen molar-refractivity contribution in [3.63, 3.8) is 0 Å². The van der Waals surface area contributed by atoms with E-state index >= 15 is 0 Å². The van der Waals surface area contributed by atoms with Crippen LogP contribution < -0.4 is 11.4 Å². The molecule has 0 atom stereocenters. The summed E-state index contributed by atoms with van der Waals surface area (Å²) in [5.41, 5.74) is 2.77. The van der Waals surface area contributed by atoms with Gasteiger partial charge in [-0.1, -0.05) is 0 Å². The molecule has 0 aliphatic rings. The molecule has 1 aromatic heterocycles. The van der Waals surface area contributed by atoms with Gasteiger partial charge in [0.1, 0.15) is 11.6 Å². The Bertz CT molecular complexity index is 680. The molecule has 1 aromatic carbocycles. The van der Waals surface area contributed by atoms with Crippen LogP contribution in [0.5, 0.6) is 0 Å². The van der Waals surface area contributed by atoms with Crippen LogP contribution in [-0.2, 0) is 6.18 Å². The number of nitrogens with one attached hydrogen (secondary N) is 1.